The maximum atomic E-state index is 6.84. The highest BCUT2D eigenvalue weighted by atomic mass is 14.8. The zero-order chi connectivity index (χ0) is 9.84. The van der Waals surface area contributed by atoms with Gasteiger partial charge in [0.25, 0.3) is 0 Å². The zero-order valence-corrected chi connectivity index (χ0v) is 7.00. The Bertz CT molecular complexity index is 431. The number of nitrogens with zero attached hydrogens (tertiary/aromatic N) is 3. The summed E-state index contributed by atoms with van der Waals surface area (Å²) >= 11 is 0. The molecule has 3 heteroatoms. The van der Waals surface area contributed by atoms with Gasteiger partial charge in [-0.1, -0.05) is 17.7 Å². The van der Waals surface area contributed by atoms with Crippen LogP contribution in [0.15, 0.2) is 12.1 Å². The van der Waals surface area contributed by atoms with Crippen molar-refractivity contribution in [2.75, 3.05) is 0 Å². The van der Waals surface area contributed by atoms with E-state index in [-0.39, 0.29) is 17.1 Å². The zero-order valence-electron chi connectivity index (χ0n) is 7.00. The predicted molar refractivity (Wildman–Crippen MR) is 50.0 cm³/mol. The highest BCUT2D eigenvalue weighted by molar-refractivity contribution is 5.85. The molecule has 13 heavy (non-hydrogen) atoms. The molecule has 1 rings (SSSR count). The molecule has 0 fully saturated rings. The first kappa shape index (κ1) is 8.78. The summed E-state index contributed by atoms with van der Waals surface area (Å²) in [5, 5.41) is 0. The molecule has 0 aromatic heterocycles. The van der Waals surface area contributed by atoms with E-state index in [1.165, 1.54) is 0 Å². The van der Waals surface area contributed by atoms with E-state index < -0.39 is 0 Å². The molecule has 0 unspecified atom stereocenters. The second-order valence-electron chi connectivity index (χ2n) is 2.49. The molecule has 3 nitrogen and oxygen atoms in total. The topological polar surface area (TPSA) is 13.1 Å². The van der Waals surface area contributed by atoms with Gasteiger partial charge in [0.1, 0.15) is 0 Å². The van der Waals surface area contributed by atoms with E-state index in [0.29, 0.717) is 0 Å². The highest BCUT2D eigenvalue weighted by Gasteiger charge is 2.08. The van der Waals surface area contributed by atoms with Crippen molar-refractivity contribution in [3.63, 3.8) is 0 Å². The smallest absolute Gasteiger partial charge is 0.200 e. The first-order valence-electron chi connectivity index (χ1n) is 3.50. The molecule has 0 saturated heterocycles. The average molecular weight is 167 g/mol. The van der Waals surface area contributed by atoms with Crippen molar-refractivity contribution in [1.29, 1.82) is 0 Å². The molecule has 0 radical (unpaired) electrons. The first-order valence-corrected chi connectivity index (χ1v) is 3.50. The van der Waals surface area contributed by atoms with Gasteiger partial charge in [0.15, 0.2) is 11.4 Å². The van der Waals surface area contributed by atoms with Gasteiger partial charge in [-0.15, -0.1) is 0 Å². The molecule has 0 bridgehead atoms. The van der Waals surface area contributed by atoms with Crippen LogP contribution >= 0.6 is 0 Å². The highest BCUT2D eigenvalue weighted by Crippen LogP contribution is 2.38. The number of rotatable bonds is 0. The Hall–Kier alpha value is -2.31. The van der Waals surface area contributed by atoms with Crippen molar-refractivity contribution >= 4 is 17.1 Å². The lowest BCUT2D eigenvalue weighted by molar-refractivity contribution is 1.49. The molecule has 0 spiro atoms. The van der Waals surface area contributed by atoms with Gasteiger partial charge in [0.05, 0.1) is 19.7 Å². The van der Waals surface area contributed by atoms with Gasteiger partial charge in [0, 0.05) is 0 Å². The molecule has 0 aliphatic rings. The third kappa shape index (κ3) is 1.48. The Kier molecular flexibility index (Phi) is 2.29. The minimum absolute atomic E-state index is 0.163. The molecule has 0 aliphatic heterocycles. The van der Waals surface area contributed by atoms with Gasteiger partial charge in [-0.2, -0.15) is 0 Å². The van der Waals surface area contributed by atoms with Crippen LogP contribution in [-0.2, 0) is 0 Å². The summed E-state index contributed by atoms with van der Waals surface area (Å²) in [6, 6.07) is 3.24. The molecular weight excluding hydrogens is 162 g/mol. The molecule has 1 aromatic carbocycles. The monoisotopic (exact) mass is 167 g/mol. The third-order valence-electron chi connectivity index (χ3n) is 1.57. The van der Waals surface area contributed by atoms with Gasteiger partial charge < -0.3 is 0 Å². The summed E-state index contributed by atoms with van der Waals surface area (Å²) in [5.41, 5.74) is 1.53. The lowest BCUT2D eigenvalue weighted by atomic mass is 10.1. The average Bonchev–Trinajstić information content (AvgIpc) is 2.16. The molecule has 0 heterocycles. The standard InChI is InChI=1S/C10H5N3/c1-7-5-8(11-2)10(13-4)9(6-7)12-3/h5-6H,1H3. The Morgan fingerprint density at radius 2 is 1.38 bits per heavy atom. The minimum Gasteiger partial charge on any atom is -0.262 e. The molecular formula is C10H5N3. The Morgan fingerprint density at radius 3 is 1.69 bits per heavy atom. The normalized spacial score (nSPS) is 8.15. The largest absolute Gasteiger partial charge is 0.262 e. The number of hydrogen-bond donors (Lipinski definition) is 0. The Balaban J connectivity index is 3.59. The van der Waals surface area contributed by atoms with Crippen LogP contribution in [0.5, 0.6) is 0 Å². The quantitative estimate of drug-likeness (QED) is 0.523. The van der Waals surface area contributed by atoms with Crippen LogP contribution < -0.4 is 0 Å². The van der Waals surface area contributed by atoms with E-state index >= 15 is 0 Å². The third-order valence-corrected chi connectivity index (χ3v) is 1.57. The van der Waals surface area contributed by atoms with Gasteiger partial charge in [-0.25, -0.2) is 0 Å². The maximum absolute atomic E-state index is 6.84. The number of benzene rings is 1. The van der Waals surface area contributed by atoms with Crippen LogP contribution in [0.4, 0.5) is 17.1 Å². The molecule has 0 N–H and O–H groups in total. The van der Waals surface area contributed by atoms with Crippen LogP contribution in [-0.4, -0.2) is 0 Å². The fourth-order valence-corrected chi connectivity index (χ4v) is 1.03. The van der Waals surface area contributed by atoms with E-state index in [1.807, 2.05) is 0 Å². The van der Waals surface area contributed by atoms with Gasteiger partial charge >= 0.3 is 0 Å². The fraction of sp³-hybridized carbons (Fsp3) is 0.100. The van der Waals surface area contributed by atoms with Crippen LogP contribution in [0.25, 0.3) is 14.5 Å². The predicted octanol–water partition coefficient (Wildman–Crippen LogP) is 3.65. The van der Waals surface area contributed by atoms with Crippen molar-refractivity contribution < 1.29 is 0 Å². The van der Waals surface area contributed by atoms with Crippen molar-refractivity contribution in [3.05, 3.63) is 51.9 Å². The van der Waals surface area contributed by atoms with E-state index in [1.54, 1.807) is 19.1 Å². The van der Waals surface area contributed by atoms with Crippen LogP contribution in [0.2, 0.25) is 0 Å². The molecule has 0 atom stereocenters. The Labute approximate surface area is 76.7 Å². The molecule has 60 valence electrons. The Morgan fingerprint density at radius 1 is 0.923 bits per heavy atom. The van der Waals surface area contributed by atoms with Crippen molar-refractivity contribution in [2.45, 2.75) is 6.92 Å². The summed E-state index contributed by atoms with van der Waals surface area (Å²) in [7, 11) is 0. The molecule has 0 aliphatic carbocycles. The second-order valence-corrected chi connectivity index (χ2v) is 2.49. The summed E-state index contributed by atoms with van der Waals surface area (Å²) in [6.07, 6.45) is 0. The lowest BCUT2D eigenvalue weighted by Gasteiger charge is -1.99. The van der Waals surface area contributed by atoms with Crippen LogP contribution in [0.3, 0.4) is 0 Å². The van der Waals surface area contributed by atoms with Crippen molar-refractivity contribution in [2.24, 2.45) is 0 Å². The number of aryl methyl sites for hydroxylation is 1. The van der Waals surface area contributed by atoms with E-state index in [2.05, 4.69) is 14.5 Å². The molecule has 0 saturated carbocycles. The first-order chi connectivity index (χ1) is 6.22. The van der Waals surface area contributed by atoms with Gasteiger partial charge in [-0.3, -0.25) is 14.5 Å². The van der Waals surface area contributed by atoms with Crippen molar-refractivity contribution in [1.82, 2.24) is 0 Å². The van der Waals surface area contributed by atoms with Crippen LogP contribution in [0, 0.1) is 26.6 Å². The van der Waals surface area contributed by atoms with Gasteiger partial charge in [0.2, 0.25) is 5.69 Å². The minimum atomic E-state index is 0.163. The second kappa shape index (κ2) is 3.39. The number of hydrogen-bond acceptors (Lipinski definition) is 0. The fourth-order valence-electron chi connectivity index (χ4n) is 1.03. The van der Waals surface area contributed by atoms with Crippen molar-refractivity contribution in [3.8, 4) is 0 Å². The summed E-state index contributed by atoms with van der Waals surface area (Å²) in [6.45, 7) is 22.3. The van der Waals surface area contributed by atoms with Crippen LogP contribution in [0.1, 0.15) is 5.56 Å². The van der Waals surface area contributed by atoms with E-state index in [4.69, 9.17) is 19.7 Å². The summed E-state index contributed by atoms with van der Waals surface area (Å²) in [4.78, 5) is 9.58. The summed E-state index contributed by atoms with van der Waals surface area (Å²) in [5.74, 6) is 0. The maximum Gasteiger partial charge on any atom is 0.200 e. The SMILES string of the molecule is [C-]#[N+]c1cc(C)cc([N+]#[C-])c1[N+]#[C-]. The lowest BCUT2D eigenvalue weighted by Crippen LogP contribution is -1.71. The molecule has 0 amide bonds. The molecule has 1 aromatic rings. The van der Waals surface area contributed by atoms with E-state index in [0.717, 1.165) is 5.56 Å². The van der Waals surface area contributed by atoms with E-state index in [9.17, 15) is 0 Å². The summed E-state index contributed by atoms with van der Waals surface area (Å²) < 4.78 is 0. The van der Waals surface area contributed by atoms with Gasteiger partial charge in [-0.05, 0) is 6.92 Å².